The first-order valence-electron chi connectivity index (χ1n) is 6.58. The van der Waals surface area contributed by atoms with Gasteiger partial charge in [-0.05, 0) is 12.1 Å². The van der Waals surface area contributed by atoms with Crippen LogP contribution >= 0.6 is 0 Å². The van der Waals surface area contributed by atoms with E-state index in [1.165, 1.54) is 14.2 Å². The lowest BCUT2D eigenvalue weighted by Gasteiger charge is -2.47. The molecular formula is C14H21NO6. The molecule has 0 saturated carbocycles. The van der Waals surface area contributed by atoms with Crippen LogP contribution in [-0.2, 0) is 20.0 Å². The lowest BCUT2D eigenvalue weighted by Crippen LogP contribution is -2.64. The van der Waals surface area contributed by atoms with E-state index < -0.39 is 30.2 Å². The highest BCUT2D eigenvalue weighted by molar-refractivity contribution is 5.41. The molecule has 0 amide bonds. The zero-order valence-corrected chi connectivity index (χ0v) is 12.0. The van der Waals surface area contributed by atoms with E-state index in [0.29, 0.717) is 11.3 Å². The quantitative estimate of drug-likeness (QED) is 0.538. The van der Waals surface area contributed by atoms with Crippen molar-refractivity contribution in [1.82, 2.24) is 0 Å². The average Bonchev–Trinajstić information content (AvgIpc) is 2.49. The normalized spacial score (nSPS) is 36.6. The van der Waals surface area contributed by atoms with Crippen LogP contribution < -0.4 is 5.73 Å². The summed E-state index contributed by atoms with van der Waals surface area (Å²) in [6, 6.07) is 6.27. The van der Waals surface area contributed by atoms with Crippen LogP contribution in [0.5, 0.6) is 0 Å². The van der Waals surface area contributed by atoms with E-state index in [9.17, 15) is 15.3 Å². The fraction of sp³-hybridized carbons (Fsp3) is 0.571. The van der Waals surface area contributed by atoms with Crippen LogP contribution in [-0.4, -0.2) is 60.6 Å². The van der Waals surface area contributed by atoms with E-state index >= 15 is 0 Å². The summed E-state index contributed by atoms with van der Waals surface area (Å²) in [5.74, 6) is -2.02. The number of rotatable bonds is 4. The Labute approximate surface area is 122 Å². The van der Waals surface area contributed by atoms with E-state index in [2.05, 4.69) is 0 Å². The van der Waals surface area contributed by atoms with Crippen molar-refractivity contribution in [2.24, 2.45) is 0 Å². The Morgan fingerprint density at radius 2 is 1.76 bits per heavy atom. The van der Waals surface area contributed by atoms with Gasteiger partial charge in [0, 0.05) is 25.5 Å². The zero-order valence-electron chi connectivity index (χ0n) is 12.0. The summed E-state index contributed by atoms with van der Waals surface area (Å²) >= 11 is 0. The Morgan fingerprint density at radius 1 is 1.19 bits per heavy atom. The largest absolute Gasteiger partial charge is 0.399 e. The van der Waals surface area contributed by atoms with Crippen molar-refractivity contribution < 1.29 is 29.5 Å². The maximum absolute atomic E-state index is 10.8. The van der Waals surface area contributed by atoms with Gasteiger partial charge in [0.25, 0.3) is 0 Å². The number of anilines is 1. The van der Waals surface area contributed by atoms with Crippen LogP contribution in [0.2, 0.25) is 0 Å². The first-order chi connectivity index (χ1) is 9.97. The Bertz CT molecular complexity index is 467. The molecule has 118 valence electrons. The molecule has 1 fully saturated rings. The maximum Gasteiger partial charge on any atom is 0.222 e. The van der Waals surface area contributed by atoms with Crippen molar-refractivity contribution >= 4 is 5.69 Å². The monoisotopic (exact) mass is 299 g/mol. The summed E-state index contributed by atoms with van der Waals surface area (Å²) < 4.78 is 16.0. The summed E-state index contributed by atoms with van der Waals surface area (Å²) in [5.41, 5.74) is 6.45. The van der Waals surface area contributed by atoms with E-state index in [-0.39, 0.29) is 6.61 Å². The van der Waals surface area contributed by atoms with Crippen molar-refractivity contribution in [2.75, 3.05) is 26.6 Å². The third-order valence-corrected chi connectivity index (χ3v) is 3.78. The second-order valence-corrected chi connectivity index (χ2v) is 5.00. The minimum atomic E-state index is -2.02. The molecule has 0 spiro atoms. The van der Waals surface area contributed by atoms with Crippen molar-refractivity contribution in [3.05, 3.63) is 29.8 Å². The van der Waals surface area contributed by atoms with E-state index in [1.54, 1.807) is 24.3 Å². The summed E-state index contributed by atoms with van der Waals surface area (Å²) in [4.78, 5) is 0. The number of hydrogen-bond acceptors (Lipinski definition) is 7. The fourth-order valence-electron chi connectivity index (χ4n) is 2.63. The number of ether oxygens (including phenoxy) is 3. The van der Waals surface area contributed by atoms with Crippen molar-refractivity contribution in [3.63, 3.8) is 0 Å². The van der Waals surface area contributed by atoms with Crippen LogP contribution in [0.15, 0.2) is 24.3 Å². The van der Waals surface area contributed by atoms with Gasteiger partial charge in [0.05, 0.1) is 6.61 Å². The molecule has 1 heterocycles. The van der Waals surface area contributed by atoms with Crippen LogP contribution in [0.1, 0.15) is 5.56 Å². The highest BCUT2D eigenvalue weighted by atomic mass is 16.7. The predicted octanol–water partition coefficient (Wildman–Crippen LogP) is -0.804. The molecule has 1 aliphatic rings. The molecule has 0 radical (unpaired) electrons. The van der Waals surface area contributed by atoms with Gasteiger partial charge >= 0.3 is 0 Å². The van der Waals surface area contributed by atoms with Gasteiger partial charge in [0.1, 0.15) is 24.4 Å². The minimum Gasteiger partial charge on any atom is -0.399 e. The second kappa shape index (κ2) is 6.27. The van der Waals surface area contributed by atoms with E-state index in [1.807, 2.05) is 0 Å². The number of hydrogen-bond donors (Lipinski definition) is 4. The highest BCUT2D eigenvalue weighted by Crippen LogP contribution is 2.38. The molecular weight excluding hydrogens is 278 g/mol. The molecule has 0 unspecified atom stereocenters. The van der Waals surface area contributed by atoms with Gasteiger partial charge in [-0.15, -0.1) is 0 Å². The van der Waals surface area contributed by atoms with Gasteiger partial charge in [-0.1, -0.05) is 12.1 Å². The van der Waals surface area contributed by atoms with Crippen LogP contribution in [0, 0.1) is 0 Å². The smallest absolute Gasteiger partial charge is 0.222 e. The van der Waals surface area contributed by atoms with Gasteiger partial charge < -0.3 is 35.3 Å². The summed E-state index contributed by atoms with van der Waals surface area (Å²) in [6.07, 6.45) is -3.79. The molecule has 1 aromatic carbocycles. The molecule has 2 rings (SSSR count). The number of aliphatic hydroxyl groups is 3. The zero-order chi connectivity index (χ0) is 15.6. The fourth-order valence-corrected chi connectivity index (χ4v) is 2.63. The summed E-state index contributed by atoms with van der Waals surface area (Å²) in [7, 11) is 2.81. The molecule has 5 atom stereocenters. The number of benzene rings is 1. The second-order valence-electron chi connectivity index (χ2n) is 5.00. The molecule has 1 aromatic rings. The Kier molecular flexibility index (Phi) is 4.82. The van der Waals surface area contributed by atoms with Gasteiger partial charge in [0.2, 0.25) is 5.79 Å². The van der Waals surface area contributed by atoms with Crippen molar-refractivity contribution in [1.29, 1.82) is 0 Å². The first-order valence-corrected chi connectivity index (χ1v) is 6.58. The summed E-state index contributed by atoms with van der Waals surface area (Å²) in [5, 5.41) is 30.6. The third kappa shape index (κ3) is 2.76. The molecule has 7 heteroatoms. The van der Waals surface area contributed by atoms with Gasteiger partial charge in [0.15, 0.2) is 0 Å². The minimum absolute atomic E-state index is 0.319. The van der Waals surface area contributed by atoms with Gasteiger partial charge in [-0.2, -0.15) is 0 Å². The van der Waals surface area contributed by atoms with E-state index in [0.717, 1.165) is 0 Å². The van der Waals surface area contributed by atoms with Crippen molar-refractivity contribution in [3.8, 4) is 0 Å². The van der Waals surface area contributed by atoms with Crippen LogP contribution in [0.3, 0.4) is 0 Å². The van der Waals surface area contributed by atoms with E-state index in [4.69, 9.17) is 19.9 Å². The first kappa shape index (κ1) is 16.2. The maximum atomic E-state index is 10.8. The van der Waals surface area contributed by atoms with Gasteiger partial charge in [-0.25, -0.2) is 0 Å². The van der Waals surface area contributed by atoms with Crippen LogP contribution in [0.4, 0.5) is 5.69 Å². The molecule has 1 saturated heterocycles. The molecule has 0 bridgehead atoms. The predicted molar refractivity (Wildman–Crippen MR) is 74.3 cm³/mol. The third-order valence-electron chi connectivity index (χ3n) is 3.78. The molecule has 0 aromatic heterocycles. The number of nitrogen functional groups attached to an aromatic ring is 1. The summed E-state index contributed by atoms with van der Waals surface area (Å²) in [6.45, 7) is -0.387. The molecule has 0 aliphatic carbocycles. The number of nitrogens with two attached hydrogens (primary N) is 1. The van der Waals surface area contributed by atoms with Gasteiger partial charge in [-0.3, -0.25) is 0 Å². The number of aliphatic hydroxyl groups excluding tert-OH is 2. The molecule has 5 N–H and O–H groups in total. The van der Waals surface area contributed by atoms with Crippen LogP contribution in [0.25, 0.3) is 0 Å². The standard InChI is InChI=1S/C14H21NO6/c1-19-11-10(7-16)21-14(18,13(17)12(11)20-2)8-3-5-9(15)6-4-8/h3-6,10-13,16-18H,7,15H2,1-2H3/t10-,11+,12+,13-,14-/m1/s1. The Hall–Kier alpha value is -1.22. The Balaban J connectivity index is 2.40. The average molecular weight is 299 g/mol. The molecule has 21 heavy (non-hydrogen) atoms. The topological polar surface area (TPSA) is 114 Å². The highest BCUT2D eigenvalue weighted by Gasteiger charge is 2.55. The Morgan fingerprint density at radius 3 is 2.24 bits per heavy atom. The lowest BCUT2D eigenvalue weighted by molar-refractivity contribution is -0.362. The molecule has 7 nitrogen and oxygen atoms in total. The van der Waals surface area contributed by atoms with Crippen molar-refractivity contribution in [2.45, 2.75) is 30.2 Å². The lowest BCUT2D eigenvalue weighted by atomic mass is 9.88. The molecule has 1 aliphatic heterocycles. The SMILES string of the molecule is CO[C@@H]1[C@H](OC)[C@@H](O)[C@@](O)(c2ccc(N)cc2)O[C@@H]1CO. The number of methoxy groups -OCH3 is 2.